The molecule has 3 rings (SSSR count). The maximum absolute atomic E-state index is 13.5. The maximum Gasteiger partial charge on any atom is 0.224 e. The van der Waals surface area contributed by atoms with Gasteiger partial charge in [-0.2, -0.15) is 0 Å². The van der Waals surface area contributed by atoms with Crippen LogP contribution in [0.3, 0.4) is 0 Å². The molecule has 2 aromatic rings. The first-order valence-corrected chi connectivity index (χ1v) is 7.07. The van der Waals surface area contributed by atoms with Gasteiger partial charge in [0, 0.05) is 12.2 Å². The summed E-state index contributed by atoms with van der Waals surface area (Å²) in [5.74, 6) is -0.481. The Balaban J connectivity index is 1.60. The number of para-hydroxylation sites is 1. The zero-order valence-corrected chi connectivity index (χ0v) is 11.6. The van der Waals surface area contributed by atoms with Crippen molar-refractivity contribution < 1.29 is 9.18 Å². The van der Waals surface area contributed by atoms with Crippen molar-refractivity contribution in [3.63, 3.8) is 0 Å². The Morgan fingerprint density at radius 3 is 2.81 bits per heavy atom. The van der Waals surface area contributed by atoms with E-state index in [-0.39, 0.29) is 24.2 Å². The van der Waals surface area contributed by atoms with Crippen molar-refractivity contribution in [3.05, 3.63) is 65.5 Å². The summed E-state index contributed by atoms with van der Waals surface area (Å²) in [6.07, 6.45) is 0.872. The highest BCUT2D eigenvalue weighted by Crippen LogP contribution is 2.21. The molecule has 1 atom stereocenters. The van der Waals surface area contributed by atoms with Gasteiger partial charge in [0.1, 0.15) is 5.82 Å². The molecule has 21 heavy (non-hydrogen) atoms. The third-order valence-electron chi connectivity index (χ3n) is 3.70. The summed E-state index contributed by atoms with van der Waals surface area (Å²) in [5.41, 5.74) is 2.75. The lowest BCUT2D eigenvalue weighted by Crippen LogP contribution is -2.44. The third kappa shape index (κ3) is 3.21. The van der Waals surface area contributed by atoms with E-state index in [9.17, 15) is 9.18 Å². The van der Waals surface area contributed by atoms with Gasteiger partial charge in [0.05, 0.1) is 12.5 Å². The van der Waals surface area contributed by atoms with E-state index in [1.165, 1.54) is 11.6 Å². The van der Waals surface area contributed by atoms with Crippen molar-refractivity contribution in [2.75, 3.05) is 11.9 Å². The van der Waals surface area contributed by atoms with E-state index in [0.29, 0.717) is 12.1 Å². The van der Waals surface area contributed by atoms with Crippen LogP contribution in [-0.2, 0) is 17.6 Å². The number of nitrogens with one attached hydrogen (secondary N) is 2. The van der Waals surface area contributed by atoms with Gasteiger partial charge in [0.25, 0.3) is 0 Å². The number of carbonyl (C=O) groups excluding carboxylic acids is 1. The van der Waals surface area contributed by atoms with E-state index in [4.69, 9.17) is 0 Å². The zero-order chi connectivity index (χ0) is 14.7. The minimum absolute atomic E-state index is 0.0409. The first kappa shape index (κ1) is 13.6. The lowest BCUT2D eigenvalue weighted by molar-refractivity contribution is -0.121. The average Bonchev–Trinajstić information content (AvgIpc) is 2.49. The Bertz CT molecular complexity index is 657. The number of halogens is 1. The van der Waals surface area contributed by atoms with Crippen molar-refractivity contribution in [1.29, 1.82) is 0 Å². The predicted molar refractivity (Wildman–Crippen MR) is 80.7 cm³/mol. The molecule has 1 amide bonds. The molecule has 0 radical (unpaired) electrons. The molecule has 1 aliphatic heterocycles. The number of amides is 1. The summed E-state index contributed by atoms with van der Waals surface area (Å²) in [6, 6.07) is 14.5. The maximum atomic E-state index is 13.5. The van der Waals surface area contributed by atoms with Crippen LogP contribution in [0.1, 0.15) is 11.1 Å². The normalized spacial score (nSPS) is 16.7. The van der Waals surface area contributed by atoms with Crippen LogP contribution in [0.15, 0.2) is 48.5 Å². The molecule has 0 aliphatic carbocycles. The van der Waals surface area contributed by atoms with Gasteiger partial charge in [-0.3, -0.25) is 4.79 Å². The van der Waals surface area contributed by atoms with Crippen molar-refractivity contribution in [3.8, 4) is 0 Å². The molecule has 0 spiro atoms. The molecule has 0 fully saturated rings. The van der Waals surface area contributed by atoms with Gasteiger partial charge in [-0.25, -0.2) is 4.39 Å². The second-order valence-electron chi connectivity index (χ2n) is 5.27. The molecule has 108 valence electrons. The summed E-state index contributed by atoms with van der Waals surface area (Å²) >= 11 is 0. The summed E-state index contributed by atoms with van der Waals surface area (Å²) < 4.78 is 13.5. The Morgan fingerprint density at radius 1 is 1.19 bits per heavy atom. The number of anilines is 1. The Hall–Kier alpha value is -2.36. The van der Waals surface area contributed by atoms with Crippen LogP contribution in [0, 0.1) is 5.82 Å². The van der Waals surface area contributed by atoms with Gasteiger partial charge in [-0.1, -0.05) is 36.4 Å². The van der Waals surface area contributed by atoms with Gasteiger partial charge in [0.15, 0.2) is 0 Å². The number of fused-ring (bicyclic) bond motifs is 1. The number of carbonyl (C=O) groups is 1. The molecule has 1 unspecified atom stereocenters. The van der Waals surface area contributed by atoms with E-state index in [2.05, 4.69) is 16.7 Å². The Morgan fingerprint density at radius 2 is 1.95 bits per heavy atom. The highest BCUT2D eigenvalue weighted by atomic mass is 19.1. The summed E-state index contributed by atoms with van der Waals surface area (Å²) in [7, 11) is 0. The molecule has 0 saturated heterocycles. The summed E-state index contributed by atoms with van der Waals surface area (Å²) in [5, 5.41) is 6.27. The van der Waals surface area contributed by atoms with Crippen molar-refractivity contribution >= 4 is 11.6 Å². The first-order chi connectivity index (χ1) is 10.2. The second kappa shape index (κ2) is 5.95. The second-order valence-corrected chi connectivity index (χ2v) is 5.27. The lowest BCUT2D eigenvalue weighted by atomic mass is 9.99. The molecule has 0 aromatic heterocycles. The van der Waals surface area contributed by atoms with Crippen molar-refractivity contribution in [2.45, 2.75) is 18.9 Å². The number of hydrogen-bond donors (Lipinski definition) is 2. The zero-order valence-electron chi connectivity index (χ0n) is 11.6. The minimum atomic E-state index is -0.334. The quantitative estimate of drug-likeness (QED) is 0.909. The van der Waals surface area contributed by atoms with E-state index in [0.717, 1.165) is 12.1 Å². The molecule has 4 heteroatoms. The fourth-order valence-corrected chi connectivity index (χ4v) is 2.64. The number of hydrogen-bond acceptors (Lipinski definition) is 2. The highest BCUT2D eigenvalue weighted by molar-refractivity contribution is 5.79. The van der Waals surface area contributed by atoms with Gasteiger partial charge in [-0.15, -0.1) is 0 Å². The molecular weight excluding hydrogens is 267 g/mol. The Kier molecular flexibility index (Phi) is 3.86. The standard InChI is InChI=1S/C17H17FN2O/c18-15-7-3-1-5-12(15)10-17(21)20-14-9-13-6-2-4-8-16(13)19-11-14/h1-8,14,19H,9-11H2,(H,20,21). The highest BCUT2D eigenvalue weighted by Gasteiger charge is 2.19. The molecule has 2 aromatic carbocycles. The van der Waals surface area contributed by atoms with Crippen molar-refractivity contribution in [1.82, 2.24) is 5.32 Å². The molecule has 0 saturated carbocycles. The lowest BCUT2D eigenvalue weighted by Gasteiger charge is -2.27. The summed E-state index contributed by atoms with van der Waals surface area (Å²) in [6.45, 7) is 0.694. The largest absolute Gasteiger partial charge is 0.383 e. The van der Waals surface area contributed by atoms with Crippen LogP contribution in [0.2, 0.25) is 0 Å². The molecule has 0 bridgehead atoms. The van der Waals surface area contributed by atoms with Gasteiger partial charge in [-0.05, 0) is 29.7 Å². The predicted octanol–water partition coefficient (Wildman–Crippen LogP) is 2.52. The third-order valence-corrected chi connectivity index (χ3v) is 3.70. The first-order valence-electron chi connectivity index (χ1n) is 7.07. The average molecular weight is 284 g/mol. The van der Waals surface area contributed by atoms with Gasteiger partial charge >= 0.3 is 0 Å². The number of rotatable bonds is 3. The van der Waals surface area contributed by atoms with Crippen LogP contribution in [0.4, 0.5) is 10.1 Å². The Labute approximate surface area is 123 Å². The fraction of sp³-hybridized carbons (Fsp3) is 0.235. The smallest absolute Gasteiger partial charge is 0.224 e. The molecular formula is C17H17FN2O. The molecule has 3 nitrogen and oxygen atoms in total. The van der Waals surface area contributed by atoms with Crippen LogP contribution < -0.4 is 10.6 Å². The molecule has 2 N–H and O–H groups in total. The SMILES string of the molecule is O=C(Cc1ccccc1F)NC1CNc2ccccc2C1. The topological polar surface area (TPSA) is 41.1 Å². The van der Waals surface area contributed by atoms with E-state index in [1.54, 1.807) is 18.2 Å². The van der Waals surface area contributed by atoms with E-state index in [1.807, 2.05) is 18.2 Å². The molecule has 1 heterocycles. The van der Waals surface area contributed by atoms with Crippen molar-refractivity contribution in [2.24, 2.45) is 0 Å². The van der Waals surface area contributed by atoms with Crippen LogP contribution in [0.5, 0.6) is 0 Å². The fourth-order valence-electron chi connectivity index (χ4n) is 2.64. The van der Waals surface area contributed by atoms with Crippen LogP contribution in [-0.4, -0.2) is 18.5 Å². The van der Waals surface area contributed by atoms with Gasteiger partial charge < -0.3 is 10.6 Å². The molecule has 1 aliphatic rings. The van der Waals surface area contributed by atoms with E-state index < -0.39 is 0 Å². The monoisotopic (exact) mass is 284 g/mol. The van der Waals surface area contributed by atoms with Gasteiger partial charge in [0.2, 0.25) is 5.91 Å². The van der Waals surface area contributed by atoms with Crippen LogP contribution in [0.25, 0.3) is 0 Å². The number of benzene rings is 2. The van der Waals surface area contributed by atoms with Crippen LogP contribution >= 0.6 is 0 Å². The minimum Gasteiger partial charge on any atom is -0.383 e. The van der Waals surface area contributed by atoms with E-state index >= 15 is 0 Å². The summed E-state index contributed by atoms with van der Waals surface area (Å²) in [4.78, 5) is 12.0.